The number of phenols is 2. The molecule has 0 saturated carbocycles. The summed E-state index contributed by atoms with van der Waals surface area (Å²) in [5.74, 6) is -0.318. The smallest absolute Gasteiger partial charge is 0.744 e. The van der Waals surface area contributed by atoms with Crippen LogP contribution in [0.5, 0.6) is 11.5 Å². The molecule has 232 valence electrons. The molecule has 0 aromatic heterocycles. The number of azo groups is 2. The number of phenolic OH excluding ortho intramolecular Hbond substituents is 2. The van der Waals surface area contributed by atoms with Gasteiger partial charge in [0.2, 0.25) is 0 Å². The second kappa shape index (κ2) is 15.1. The van der Waals surface area contributed by atoms with Crippen LogP contribution in [0.15, 0.2) is 121 Å². The Labute approximate surface area is 320 Å². The van der Waals surface area contributed by atoms with E-state index < -0.39 is 30.0 Å². The second-order valence-electron chi connectivity index (χ2n) is 10.3. The quantitative estimate of drug-likeness (QED) is 0.144. The molecule has 0 unspecified atom stereocenters. The molecule has 0 atom stereocenters. The predicted molar refractivity (Wildman–Crippen MR) is 167 cm³/mol. The number of hydrogen-bond acceptors (Lipinski definition) is 12. The molecule has 5 aromatic carbocycles. The van der Waals surface area contributed by atoms with Crippen LogP contribution in [0.25, 0.3) is 28.0 Å². The molecule has 0 fully saturated rings. The average Bonchev–Trinajstić information content (AvgIpc) is 3.03. The minimum Gasteiger partial charge on any atom is -0.744 e. The van der Waals surface area contributed by atoms with Crippen LogP contribution in [-0.2, 0) is 26.7 Å². The van der Waals surface area contributed by atoms with Crippen molar-refractivity contribution >= 4 is 59.8 Å². The summed E-state index contributed by atoms with van der Waals surface area (Å²) in [7, 11) is -10.5. The predicted octanol–water partition coefficient (Wildman–Crippen LogP) is 1.52. The number of rotatable bonds is 7. The molecule has 1 aliphatic carbocycles. The topological polar surface area (TPSA) is 204 Å². The monoisotopic (exact) mass is 700 g/mol. The van der Waals surface area contributed by atoms with E-state index in [4.69, 9.17) is 0 Å². The van der Waals surface area contributed by atoms with E-state index in [1.807, 2.05) is 12.2 Å². The maximum Gasteiger partial charge on any atom is 1.00 e. The van der Waals surface area contributed by atoms with Gasteiger partial charge in [-0.25, -0.2) is 16.8 Å². The van der Waals surface area contributed by atoms with Gasteiger partial charge in [0.25, 0.3) is 0 Å². The molecule has 0 heterocycles. The molecular formula is C32H22N4Na2O8S2. The minimum absolute atomic E-state index is 0. The van der Waals surface area contributed by atoms with Crippen molar-refractivity contribution in [3.05, 3.63) is 102 Å². The zero-order chi connectivity index (χ0) is 32.6. The number of allylic oxidation sites excluding steroid dienone is 1. The van der Waals surface area contributed by atoms with Crippen molar-refractivity contribution in [3.63, 3.8) is 0 Å². The van der Waals surface area contributed by atoms with Crippen LogP contribution in [0.2, 0.25) is 0 Å². The van der Waals surface area contributed by atoms with Gasteiger partial charge in [-0.1, -0.05) is 60.7 Å². The molecule has 16 heteroatoms. The van der Waals surface area contributed by atoms with E-state index >= 15 is 0 Å². The summed E-state index contributed by atoms with van der Waals surface area (Å²) >= 11 is 0. The second-order valence-corrected chi connectivity index (χ2v) is 13.0. The Morgan fingerprint density at radius 1 is 0.625 bits per heavy atom. The van der Waals surface area contributed by atoms with Crippen LogP contribution in [0.4, 0.5) is 22.7 Å². The van der Waals surface area contributed by atoms with Gasteiger partial charge in [0.1, 0.15) is 43.1 Å². The fourth-order valence-electron chi connectivity index (χ4n) is 5.18. The summed E-state index contributed by atoms with van der Waals surface area (Å²) in [6.07, 6.45) is 5.18. The molecule has 1 aliphatic rings. The van der Waals surface area contributed by atoms with Crippen molar-refractivity contribution in [2.45, 2.75) is 22.6 Å². The zero-order valence-electron chi connectivity index (χ0n) is 25.6. The molecule has 2 N–H and O–H groups in total. The van der Waals surface area contributed by atoms with Crippen LogP contribution in [-0.4, -0.2) is 36.2 Å². The molecule has 0 aliphatic heterocycles. The van der Waals surface area contributed by atoms with E-state index in [1.165, 1.54) is 24.3 Å². The van der Waals surface area contributed by atoms with E-state index in [2.05, 4.69) is 20.5 Å². The van der Waals surface area contributed by atoms with Gasteiger partial charge in [-0.2, -0.15) is 10.2 Å². The molecule has 6 rings (SSSR count). The molecule has 5 aromatic rings. The molecular weight excluding hydrogens is 678 g/mol. The van der Waals surface area contributed by atoms with Gasteiger partial charge in [0.15, 0.2) is 0 Å². The van der Waals surface area contributed by atoms with Gasteiger partial charge in [0.05, 0.1) is 21.2 Å². The number of hydrogen-bond donors (Lipinski definition) is 2. The standard InChI is InChI=1S/C32H24N4O8S2.2Na/c37-27-15-9-19-5-1-3-7-23(19)31(27)35-33-21-11-13-25(29(17-21)45(39,40)41)26-14-12-22(18-30(26)46(42,43)44)34-36-32-24-8-4-2-6-20(24)10-16-28(32)38;;/h1-3,5-7,9-18,37-38H,4,8H2,(H,39,40,41)(H,42,43,44);;/q;2*+1/p-2. The Balaban J connectivity index is 0.00000260. The van der Waals surface area contributed by atoms with Crippen LogP contribution >= 0.6 is 0 Å². The van der Waals surface area contributed by atoms with E-state index in [0.717, 1.165) is 47.2 Å². The third-order valence-electron chi connectivity index (χ3n) is 7.33. The summed E-state index contributed by atoms with van der Waals surface area (Å²) in [5, 5.41) is 38.3. The van der Waals surface area contributed by atoms with Crippen molar-refractivity contribution in [2.24, 2.45) is 20.5 Å². The van der Waals surface area contributed by atoms with E-state index in [9.17, 15) is 36.2 Å². The molecule has 0 saturated heterocycles. The number of fused-ring (bicyclic) bond motifs is 2. The first kappa shape index (κ1) is 37.5. The largest absolute Gasteiger partial charge is 1.00 e. The first-order valence-corrected chi connectivity index (χ1v) is 16.5. The first-order chi connectivity index (χ1) is 21.9. The fourth-order valence-corrected chi connectivity index (χ4v) is 6.60. The van der Waals surface area contributed by atoms with Crippen LogP contribution in [0, 0.1) is 0 Å². The van der Waals surface area contributed by atoms with Crippen molar-refractivity contribution in [1.82, 2.24) is 0 Å². The normalized spacial score (nSPS) is 13.0. The van der Waals surface area contributed by atoms with Crippen LogP contribution in [0.3, 0.4) is 0 Å². The van der Waals surface area contributed by atoms with Gasteiger partial charge >= 0.3 is 59.1 Å². The molecule has 0 amide bonds. The van der Waals surface area contributed by atoms with Gasteiger partial charge in [-0.15, -0.1) is 10.2 Å². The molecule has 48 heavy (non-hydrogen) atoms. The van der Waals surface area contributed by atoms with Crippen LogP contribution in [0.1, 0.15) is 17.5 Å². The average molecular weight is 701 g/mol. The van der Waals surface area contributed by atoms with Crippen molar-refractivity contribution in [1.29, 1.82) is 0 Å². The summed E-state index contributed by atoms with van der Waals surface area (Å²) < 4.78 is 74.2. The Morgan fingerprint density at radius 3 is 1.77 bits per heavy atom. The van der Waals surface area contributed by atoms with E-state index in [-0.39, 0.29) is 104 Å². The summed E-state index contributed by atoms with van der Waals surface area (Å²) in [6, 6.07) is 20.0. The van der Waals surface area contributed by atoms with Crippen molar-refractivity contribution in [3.8, 4) is 22.6 Å². The van der Waals surface area contributed by atoms with Gasteiger partial charge in [-0.05, 0) is 65.8 Å². The van der Waals surface area contributed by atoms with Gasteiger partial charge < -0.3 is 19.3 Å². The summed E-state index contributed by atoms with van der Waals surface area (Å²) in [6.45, 7) is 0. The van der Waals surface area contributed by atoms with E-state index in [0.29, 0.717) is 11.8 Å². The zero-order valence-corrected chi connectivity index (χ0v) is 31.2. The van der Waals surface area contributed by atoms with Crippen molar-refractivity contribution in [2.75, 3.05) is 0 Å². The number of nitrogens with zero attached hydrogens (tertiary/aromatic N) is 4. The van der Waals surface area contributed by atoms with Gasteiger partial charge in [0, 0.05) is 16.5 Å². The molecule has 0 radical (unpaired) electrons. The van der Waals surface area contributed by atoms with Crippen LogP contribution < -0.4 is 59.1 Å². The third kappa shape index (κ3) is 7.95. The maximum atomic E-state index is 12.4. The van der Waals surface area contributed by atoms with Crippen molar-refractivity contribution < 1.29 is 95.3 Å². The number of benzene rings is 5. The Bertz CT molecular complexity index is 2360. The molecule has 0 spiro atoms. The molecule has 12 nitrogen and oxygen atoms in total. The van der Waals surface area contributed by atoms with E-state index in [1.54, 1.807) is 36.4 Å². The Hall–Kier alpha value is -3.28. The summed E-state index contributed by atoms with van der Waals surface area (Å²) in [5.41, 5.74) is 1.01. The number of aromatic hydroxyl groups is 2. The Kier molecular flexibility index (Phi) is 11.8. The maximum absolute atomic E-state index is 12.4. The summed E-state index contributed by atoms with van der Waals surface area (Å²) in [4.78, 5) is -1.69. The Morgan fingerprint density at radius 2 is 1.17 bits per heavy atom. The molecule has 0 bridgehead atoms. The fraction of sp³-hybridized carbons (Fsp3) is 0.0625. The third-order valence-corrected chi connectivity index (χ3v) is 9.08. The minimum atomic E-state index is -5.24. The SMILES string of the molecule is O=S(=O)([O-])c1cc(N=Nc2c(O)ccc3c2CCC=C3)ccc1-c1ccc(N=Nc2c(O)ccc3ccccc23)cc1S(=O)(=O)[O-].[Na+].[Na+]. The first-order valence-electron chi connectivity index (χ1n) is 13.7. The van der Waals surface area contributed by atoms with Gasteiger partial charge in [-0.3, -0.25) is 0 Å².